The van der Waals surface area contributed by atoms with Gasteiger partial charge in [-0.05, 0) is 66.1 Å². The maximum absolute atomic E-state index is 6.06. The molecular weight excluding hydrogens is 277 g/mol. The molecule has 2 heterocycles. The Kier molecular flexibility index (Phi) is 6.27. The molecule has 0 bridgehead atoms. The summed E-state index contributed by atoms with van der Waals surface area (Å²) in [5.41, 5.74) is 0.370. The maximum Gasteiger partial charge on any atom is 0.387 e. The fourth-order valence-electron chi connectivity index (χ4n) is 2.03. The van der Waals surface area contributed by atoms with E-state index in [0.29, 0.717) is 0 Å². The van der Waals surface area contributed by atoms with E-state index in [1.807, 2.05) is 24.3 Å². The molecule has 5 heteroatoms. The highest BCUT2D eigenvalue weighted by Crippen LogP contribution is 2.20. The molecule has 0 aliphatic carbocycles. The van der Waals surface area contributed by atoms with Crippen molar-refractivity contribution >= 4 is 25.1 Å². The van der Waals surface area contributed by atoms with E-state index in [2.05, 4.69) is 75.5 Å². The van der Waals surface area contributed by atoms with Crippen LogP contribution in [0.15, 0.2) is 48.7 Å². The summed E-state index contributed by atoms with van der Waals surface area (Å²) in [6.45, 7) is 13.1. The van der Waals surface area contributed by atoms with E-state index in [1.54, 1.807) is 0 Å². The average Bonchev–Trinajstić information content (AvgIpc) is 2.39. The van der Waals surface area contributed by atoms with E-state index in [9.17, 15) is 0 Å². The first-order valence-electron chi connectivity index (χ1n) is 7.50. The number of hydrogen-bond acceptors (Lipinski definition) is 2. The van der Waals surface area contributed by atoms with Crippen LogP contribution in [-0.4, -0.2) is 34.4 Å². The molecule has 2 nitrogen and oxygen atoms in total. The molecule has 21 heavy (non-hydrogen) atoms. The van der Waals surface area contributed by atoms with Gasteiger partial charge in [0.15, 0.2) is 0 Å². The summed E-state index contributed by atoms with van der Waals surface area (Å²) < 4.78 is 0. The average molecular weight is 304 g/mol. The molecule has 0 amide bonds. The van der Waals surface area contributed by atoms with Gasteiger partial charge in [0.2, 0.25) is 0 Å². The van der Waals surface area contributed by atoms with Gasteiger partial charge in [0, 0.05) is 11.1 Å². The van der Waals surface area contributed by atoms with Gasteiger partial charge in [-0.1, -0.05) is 24.1 Å². The normalized spacial score (nSPS) is 17.6. The smallest absolute Gasteiger partial charge is 0.387 e. The lowest BCUT2D eigenvalue weighted by Crippen LogP contribution is -2.44. The van der Waals surface area contributed by atoms with E-state index < -0.39 is 0 Å². The molecule has 0 radical (unpaired) electrons. The highest BCUT2D eigenvalue weighted by atomic mass is 35.5. The van der Waals surface area contributed by atoms with Gasteiger partial charge in [-0.2, -0.15) is 11.5 Å². The van der Waals surface area contributed by atoms with Crippen LogP contribution in [0.4, 0.5) is 0 Å². The Balaban J connectivity index is 0.000000211. The van der Waals surface area contributed by atoms with Gasteiger partial charge in [0.05, 0.1) is 0 Å². The minimum absolute atomic E-state index is 0.000000000000000222. The summed E-state index contributed by atoms with van der Waals surface area (Å²) >= 11 is 6.06. The molecule has 114 valence electrons. The number of rotatable bonds is 0. The lowest BCUT2D eigenvalue weighted by molar-refractivity contribution is 0.328. The van der Waals surface area contributed by atoms with Gasteiger partial charge in [-0.25, -0.2) is 0 Å². The van der Waals surface area contributed by atoms with Crippen LogP contribution in [0, 0.1) is 0 Å². The van der Waals surface area contributed by atoms with Crippen molar-refractivity contribution < 1.29 is 0 Å². The lowest BCUT2D eigenvalue weighted by Gasteiger charge is -2.37. The van der Waals surface area contributed by atoms with Crippen molar-refractivity contribution in [2.45, 2.75) is 52.6 Å². The number of allylic oxidation sites excluding steroid dienone is 4. The zero-order chi connectivity index (χ0) is 16.1. The monoisotopic (exact) mass is 304 g/mol. The maximum atomic E-state index is 6.06. The molecule has 0 aromatic carbocycles. The van der Waals surface area contributed by atoms with Crippen molar-refractivity contribution in [3.8, 4) is 0 Å². The summed E-state index contributed by atoms with van der Waals surface area (Å²) in [5, 5.41) is 0. The van der Waals surface area contributed by atoms with Crippen LogP contribution in [0.2, 0.25) is 0 Å². The molecule has 0 saturated carbocycles. The molecule has 2 aliphatic rings. The lowest BCUT2D eigenvalue weighted by atomic mass is 9.81. The third kappa shape index (κ3) is 6.09. The second-order valence-corrected chi connectivity index (χ2v) is 7.72. The summed E-state index contributed by atoms with van der Waals surface area (Å²) in [6.07, 6.45) is 12.3. The molecule has 2 aliphatic heterocycles. The highest BCUT2D eigenvalue weighted by molar-refractivity contribution is 7.08. The minimum atomic E-state index is -0.000000000000000222. The predicted molar refractivity (Wildman–Crippen MR) is 98.5 cm³/mol. The zero-order valence-electron chi connectivity index (χ0n) is 14.2. The van der Waals surface area contributed by atoms with Gasteiger partial charge in [0.1, 0.15) is 0 Å². The first-order valence-corrected chi connectivity index (χ1v) is 7.93. The third-order valence-corrected chi connectivity index (χ3v) is 3.70. The Labute approximate surface area is 136 Å². The van der Waals surface area contributed by atoms with Crippen LogP contribution in [0.3, 0.4) is 0 Å². The molecule has 2 rings (SSSR count). The highest BCUT2D eigenvalue weighted by Gasteiger charge is 2.26. The molecule has 0 fully saturated rings. The summed E-state index contributed by atoms with van der Waals surface area (Å²) in [6, 6.07) is 0. The van der Waals surface area contributed by atoms with E-state index in [4.69, 9.17) is 11.5 Å². The van der Waals surface area contributed by atoms with Gasteiger partial charge < -0.3 is 9.62 Å². The van der Waals surface area contributed by atoms with E-state index >= 15 is 0 Å². The first kappa shape index (κ1) is 18.0. The van der Waals surface area contributed by atoms with Crippen molar-refractivity contribution in [3.63, 3.8) is 0 Å². The van der Waals surface area contributed by atoms with Crippen LogP contribution >= 0.6 is 11.5 Å². The van der Waals surface area contributed by atoms with Crippen molar-refractivity contribution in [3.05, 3.63) is 48.7 Å². The van der Waals surface area contributed by atoms with Crippen molar-refractivity contribution in [1.29, 1.82) is 0 Å². The van der Waals surface area contributed by atoms with Crippen LogP contribution in [-0.2, 0) is 0 Å². The van der Waals surface area contributed by atoms with Gasteiger partial charge in [0.25, 0.3) is 7.41 Å². The van der Waals surface area contributed by atoms with Crippen LogP contribution in [0.5, 0.6) is 0 Å². The largest absolute Gasteiger partial charge is 0.415 e. The molecule has 0 atom stereocenters. The first-order chi connectivity index (χ1) is 9.62. The number of nitrogens with zero attached hydrogens (tertiary/aromatic N) is 2. The van der Waals surface area contributed by atoms with Crippen LogP contribution in [0.1, 0.15) is 41.5 Å². The van der Waals surface area contributed by atoms with Crippen molar-refractivity contribution in [1.82, 2.24) is 9.62 Å². The predicted octanol–water partition coefficient (Wildman–Crippen LogP) is 3.92. The zero-order valence-corrected chi connectivity index (χ0v) is 14.9. The second kappa shape index (κ2) is 7.31. The molecular formula is C16H27B2ClN2. The summed E-state index contributed by atoms with van der Waals surface area (Å²) in [4.78, 5) is 4.43. The van der Waals surface area contributed by atoms with E-state index in [-0.39, 0.29) is 17.3 Å². The van der Waals surface area contributed by atoms with Crippen LogP contribution in [0.25, 0.3) is 0 Å². The molecule has 0 unspecified atom stereocenters. The second-order valence-electron chi connectivity index (χ2n) is 7.27. The SMILES string of the molecule is CC(C)(C)N1BC=CC=C1.CC(C)(C)N1C=CC=CB1Cl. The minimum Gasteiger partial charge on any atom is -0.415 e. The fraction of sp³-hybridized carbons (Fsp3) is 0.500. The van der Waals surface area contributed by atoms with Gasteiger partial charge in [-0.3, -0.25) is 0 Å². The van der Waals surface area contributed by atoms with Crippen molar-refractivity contribution in [2.75, 3.05) is 0 Å². The Bertz CT molecular complexity index is 442. The standard InChI is InChI=1S/C8H13BClN.C8H14BN/c1-8(2,3)11-7-5-4-6-9(11)10;1-8(2,3)10-7-5-4-6-9-10/h4-7H,1-3H3;4-7,9H,1-3H3. The Morgan fingerprint density at radius 2 is 1.48 bits per heavy atom. The summed E-state index contributed by atoms with van der Waals surface area (Å²) in [7, 11) is 1.04. The van der Waals surface area contributed by atoms with E-state index in [1.165, 1.54) is 0 Å². The fourth-order valence-corrected chi connectivity index (χ4v) is 2.47. The van der Waals surface area contributed by atoms with Gasteiger partial charge >= 0.3 is 6.26 Å². The van der Waals surface area contributed by atoms with Crippen LogP contribution < -0.4 is 0 Å². The molecule has 0 spiro atoms. The van der Waals surface area contributed by atoms with Crippen molar-refractivity contribution in [2.24, 2.45) is 0 Å². The number of hydrogen-bond donors (Lipinski definition) is 0. The Hall–Kier alpha value is -1.02. The Morgan fingerprint density at radius 1 is 0.857 bits per heavy atom. The molecule has 0 aromatic rings. The third-order valence-electron chi connectivity index (χ3n) is 3.34. The molecule has 0 aromatic heterocycles. The molecule has 0 N–H and O–H groups in total. The van der Waals surface area contributed by atoms with Gasteiger partial charge in [-0.15, -0.1) is 0 Å². The topological polar surface area (TPSA) is 6.48 Å². The quantitative estimate of drug-likeness (QED) is 0.626. The molecule has 0 saturated heterocycles. The number of halogens is 1. The van der Waals surface area contributed by atoms with E-state index in [0.717, 1.165) is 7.41 Å². The Morgan fingerprint density at radius 3 is 1.81 bits per heavy atom. The summed E-state index contributed by atoms with van der Waals surface area (Å²) in [5.74, 6) is 4.15.